The third kappa shape index (κ3) is 58.9. The second-order valence-electron chi connectivity index (χ2n) is 22.0. The molecule has 0 radical (unpaired) electrons. The molecule has 0 aromatic carbocycles. The first-order chi connectivity index (χ1) is 35.0. The normalized spacial score (nSPS) is 12.0. The average Bonchev–Trinajstić information content (AvgIpc) is 3.37. The molecule has 1 atom stereocenters. The van der Waals surface area contributed by atoms with Crippen LogP contribution in [0.15, 0.2) is 12.2 Å². The van der Waals surface area contributed by atoms with E-state index in [1.807, 2.05) is 0 Å². The molecule has 6 heteroatoms. The van der Waals surface area contributed by atoms with Crippen molar-refractivity contribution in [1.29, 1.82) is 0 Å². The summed E-state index contributed by atoms with van der Waals surface area (Å²) in [7, 11) is 0. The van der Waals surface area contributed by atoms with Gasteiger partial charge in [0.25, 0.3) is 0 Å². The molecule has 6 nitrogen and oxygen atoms in total. The molecule has 0 unspecified atom stereocenters. The predicted octanol–water partition coefficient (Wildman–Crippen LogP) is 21.7. The number of esters is 3. The summed E-state index contributed by atoms with van der Waals surface area (Å²) in [6.45, 7) is 6.71. The minimum atomic E-state index is -0.768. The van der Waals surface area contributed by atoms with Crippen molar-refractivity contribution >= 4 is 17.9 Å². The molecule has 0 spiro atoms. The number of hydrogen-bond acceptors (Lipinski definition) is 6. The van der Waals surface area contributed by atoms with Gasteiger partial charge in [0.2, 0.25) is 0 Å². The van der Waals surface area contributed by atoms with E-state index in [1.54, 1.807) is 0 Å². The van der Waals surface area contributed by atoms with Crippen LogP contribution in [0.4, 0.5) is 0 Å². The molecule has 71 heavy (non-hydrogen) atoms. The van der Waals surface area contributed by atoms with Crippen LogP contribution in [0.2, 0.25) is 0 Å². The molecule has 0 amide bonds. The van der Waals surface area contributed by atoms with Crippen LogP contribution in [0, 0.1) is 0 Å². The average molecular weight is 1000 g/mol. The van der Waals surface area contributed by atoms with Gasteiger partial charge in [-0.05, 0) is 44.9 Å². The highest BCUT2D eigenvalue weighted by Crippen LogP contribution is 2.18. The standard InChI is InChI=1S/C65H124O6/c1-4-7-10-13-16-19-22-25-28-31-32-35-37-40-43-46-49-52-55-58-64(67)70-61-62(71-65(68)59-56-53-50-47-44-41-38-34-30-27-24-21-18-15-12-9-6-3)60-69-63(66)57-54-51-48-45-42-39-36-33-29-26-23-20-17-14-11-8-5-2/h27,30,62H,4-26,28-29,31-61H2,1-3H3/b30-27+/t62-/m1/s1. The summed E-state index contributed by atoms with van der Waals surface area (Å²) in [5.41, 5.74) is 0. The van der Waals surface area contributed by atoms with E-state index in [-0.39, 0.29) is 31.1 Å². The van der Waals surface area contributed by atoms with E-state index in [1.165, 1.54) is 270 Å². The molecule has 0 fully saturated rings. The summed E-state index contributed by atoms with van der Waals surface area (Å²) in [4.78, 5) is 38.3. The summed E-state index contributed by atoms with van der Waals surface area (Å²) in [5.74, 6) is -0.838. The Morgan fingerprint density at radius 3 is 0.704 bits per heavy atom. The fourth-order valence-electron chi connectivity index (χ4n) is 9.91. The Morgan fingerprint density at radius 2 is 0.465 bits per heavy atom. The molecular weight excluding hydrogens is 877 g/mol. The topological polar surface area (TPSA) is 78.9 Å². The molecule has 0 saturated heterocycles. The second kappa shape index (κ2) is 60.7. The lowest BCUT2D eigenvalue weighted by molar-refractivity contribution is -0.167. The molecule has 0 N–H and O–H groups in total. The molecule has 0 bridgehead atoms. The van der Waals surface area contributed by atoms with Crippen molar-refractivity contribution in [3.05, 3.63) is 12.2 Å². The molecule has 0 heterocycles. The number of rotatable bonds is 60. The van der Waals surface area contributed by atoms with Crippen LogP contribution >= 0.6 is 0 Å². The summed E-state index contributed by atoms with van der Waals surface area (Å²) in [6, 6.07) is 0. The van der Waals surface area contributed by atoms with Crippen LogP contribution in [0.3, 0.4) is 0 Å². The van der Waals surface area contributed by atoms with Crippen molar-refractivity contribution in [2.24, 2.45) is 0 Å². The molecule has 0 aromatic heterocycles. The first-order valence-electron chi connectivity index (χ1n) is 32.2. The first-order valence-corrected chi connectivity index (χ1v) is 32.2. The van der Waals surface area contributed by atoms with Crippen LogP contribution in [0.5, 0.6) is 0 Å². The number of unbranched alkanes of at least 4 members (excludes halogenated alkanes) is 47. The zero-order chi connectivity index (χ0) is 51.4. The molecule has 0 aromatic rings. The Labute approximate surface area is 443 Å². The monoisotopic (exact) mass is 1000 g/mol. The van der Waals surface area contributed by atoms with Crippen molar-refractivity contribution in [3.63, 3.8) is 0 Å². The lowest BCUT2D eigenvalue weighted by Crippen LogP contribution is -2.30. The Bertz CT molecular complexity index is 1100. The second-order valence-corrected chi connectivity index (χ2v) is 22.0. The predicted molar refractivity (Wildman–Crippen MR) is 307 cm³/mol. The van der Waals surface area contributed by atoms with E-state index in [9.17, 15) is 14.4 Å². The Hall–Kier alpha value is -1.85. The minimum Gasteiger partial charge on any atom is -0.462 e. The van der Waals surface area contributed by atoms with Gasteiger partial charge in [0.1, 0.15) is 13.2 Å². The van der Waals surface area contributed by atoms with E-state index in [2.05, 4.69) is 32.9 Å². The highest BCUT2D eigenvalue weighted by atomic mass is 16.6. The maximum absolute atomic E-state index is 12.9. The summed E-state index contributed by atoms with van der Waals surface area (Å²) < 4.78 is 17.0. The fourth-order valence-corrected chi connectivity index (χ4v) is 9.91. The lowest BCUT2D eigenvalue weighted by Gasteiger charge is -2.18. The van der Waals surface area contributed by atoms with Gasteiger partial charge in [-0.3, -0.25) is 14.4 Å². The molecule has 420 valence electrons. The minimum absolute atomic E-state index is 0.0651. The van der Waals surface area contributed by atoms with Crippen molar-refractivity contribution in [2.45, 2.75) is 374 Å². The summed E-state index contributed by atoms with van der Waals surface area (Å²) >= 11 is 0. The van der Waals surface area contributed by atoms with E-state index in [0.29, 0.717) is 19.3 Å². The maximum Gasteiger partial charge on any atom is 0.306 e. The lowest BCUT2D eigenvalue weighted by atomic mass is 10.0. The number of hydrogen-bond donors (Lipinski definition) is 0. The molecule has 0 aliphatic rings. The van der Waals surface area contributed by atoms with Crippen molar-refractivity contribution < 1.29 is 28.6 Å². The molecular formula is C65H124O6. The number of ether oxygens (including phenoxy) is 3. The quantitative estimate of drug-likeness (QED) is 0.0261. The summed E-state index contributed by atoms with van der Waals surface area (Å²) in [6.07, 6.45) is 70.7. The van der Waals surface area contributed by atoms with E-state index < -0.39 is 6.10 Å². The largest absolute Gasteiger partial charge is 0.462 e. The van der Waals surface area contributed by atoms with Gasteiger partial charge in [0, 0.05) is 19.3 Å². The smallest absolute Gasteiger partial charge is 0.306 e. The van der Waals surface area contributed by atoms with Crippen molar-refractivity contribution in [1.82, 2.24) is 0 Å². The van der Waals surface area contributed by atoms with Crippen LogP contribution in [0.1, 0.15) is 367 Å². The Balaban J connectivity index is 4.30. The van der Waals surface area contributed by atoms with Gasteiger partial charge < -0.3 is 14.2 Å². The molecule has 0 saturated carbocycles. The zero-order valence-electron chi connectivity index (χ0n) is 48.3. The number of carbonyl (C=O) groups excluding carboxylic acids is 3. The van der Waals surface area contributed by atoms with Crippen molar-refractivity contribution in [2.75, 3.05) is 13.2 Å². The maximum atomic E-state index is 12.9. The third-order valence-electron chi connectivity index (χ3n) is 14.8. The SMILES string of the molecule is CCCCCCCC/C=C/CCCCCCCCCC(=O)O[C@H](COC(=O)CCCCCCCCCCCCCCCCCCC)COC(=O)CCCCCCCCCCCCCCCCCCCCC. The van der Waals surface area contributed by atoms with Crippen LogP contribution in [0.25, 0.3) is 0 Å². The van der Waals surface area contributed by atoms with Gasteiger partial charge in [0.15, 0.2) is 6.10 Å². The van der Waals surface area contributed by atoms with Gasteiger partial charge >= 0.3 is 17.9 Å². The first kappa shape index (κ1) is 69.2. The van der Waals surface area contributed by atoms with Gasteiger partial charge in [-0.15, -0.1) is 0 Å². The van der Waals surface area contributed by atoms with E-state index in [4.69, 9.17) is 14.2 Å². The fraction of sp³-hybridized carbons (Fsp3) is 0.923. The van der Waals surface area contributed by atoms with Crippen LogP contribution in [-0.2, 0) is 28.6 Å². The van der Waals surface area contributed by atoms with Gasteiger partial charge in [-0.2, -0.15) is 0 Å². The highest BCUT2D eigenvalue weighted by Gasteiger charge is 2.19. The highest BCUT2D eigenvalue weighted by molar-refractivity contribution is 5.71. The van der Waals surface area contributed by atoms with Gasteiger partial charge in [-0.25, -0.2) is 0 Å². The molecule has 0 aliphatic heterocycles. The van der Waals surface area contributed by atoms with E-state index >= 15 is 0 Å². The molecule has 0 rings (SSSR count). The van der Waals surface area contributed by atoms with Gasteiger partial charge in [-0.1, -0.05) is 315 Å². The molecule has 0 aliphatic carbocycles. The zero-order valence-corrected chi connectivity index (χ0v) is 48.3. The van der Waals surface area contributed by atoms with E-state index in [0.717, 1.165) is 57.8 Å². The van der Waals surface area contributed by atoms with Gasteiger partial charge in [0.05, 0.1) is 0 Å². The van der Waals surface area contributed by atoms with Crippen LogP contribution in [-0.4, -0.2) is 37.2 Å². The van der Waals surface area contributed by atoms with Crippen LogP contribution < -0.4 is 0 Å². The number of allylic oxidation sites excluding steroid dienone is 2. The van der Waals surface area contributed by atoms with Crippen molar-refractivity contribution in [3.8, 4) is 0 Å². The Kier molecular flexibility index (Phi) is 59.1. The Morgan fingerprint density at radius 1 is 0.268 bits per heavy atom. The number of carbonyl (C=O) groups is 3. The summed E-state index contributed by atoms with van der Waals surface area (Å²) in [5, 5.41) is 0. The third-order valence-corrected chi connectivity index (χ3v) is 14.8.